The van der Waals surface area contributed by atoms with Gasteiger partial charge in [0.15, 0.2) is 0 Å². The Morgan fingerprint density at radius 3 is 2.44 bits per heavy atom. The second-order valence-electron chi connectivity index (χ2n) is 7.67. The largest absolute Gasteiger partial charge is 0.457 e. The van der Waals surface area contributed by atoms with E-state index in [1.165, 1.54) is 12.5 Å². The van der Waals surface area contributed by atoms with Crippen molar-refractivity contribution in [2.45, 2.75) is 19.3 Å². The highest BCUT2D eigenvalue weighted by Crippen LogP contribution is 2.27. The van der Waals surface area contributed by atoms with Crippen molar-refractivity contribution in [1.82, 2.24) is 15.1 Å². The molecule has 0 unspecified atom stereocenters. The number of allylic oxidation sites excluding steroid dienone is 1. The van der Waals surface area contributed by atoms with Crippen LogP contribution in [0, 0.1) is 0 Å². The number of benzene rings is 2. The van der Waals surface area contributed by atoms with Crippen molar-refractivity contribution in [2.24, 2.45) is 4.99 Å². The van der Waals surface area contributed by atoms with Crippen LogP contribution < -0.4 is 10.1 Å². The predicted molar refractivity (Wildman–Crippen MR) is 128 cm³/mol. The van der Waals surface area contributed by atoms with E-state index >= 15 is 0 Å². The molecule has 0 radical (unpaired) electrons. The molecule has 0 aromatic heterocycles. The molecule has 1 fully saturated rings. The number of likely N-dealkylation sites (tertiary alicyclic amines) is 1. The van der Waals surface area contributed by atoms with Crippen molar-refractivity contribution >= 4 is 17.8 Å². The van der Waals surface area contributed by atoms with Crippen LogP contribution >= 0.6 is 0 Å². The Morgan fingerprint density at radius 1 is 1.00 bits per heavy atom. The molecule has 0 aliphatic carbocycles. The summed E-state index contributed by atoms with van der Waals surface area (Å²) in [5, 5.41) is 3.41. The lowest BCUT2D eigenvalue weighted by Crippen LogP contribution is -2.34. The second kappa shape index (κ2) is 10.5. The van der Waals surface area contributed by atoms with E-state index in [9.17, 15) is 4.79 Å². The fraction of sp³-hybridized carbons (Fsp3) is 0.231. The number of nitrogens with zero attached hydrogens (tertiary/aromatic N) is 3. The number of carbonyl (C=O) groups excluding carboxylic acids is 1. The van der Waals surface area contributed by atoms with Crippen molar-refractivity contribution < 1.29 is 9.53 Å². The summed E-state index contributed by atoms with van der Waals surface area (Å²) in [7, 11) is 0. The van der Waals surface area contributed by atoms with Gasteiger partial charge in [-0.2, -0.15) is 0 Å². The maximum atomic E-state index is 11.0. The minimum Gasteiger partial charge on any atom is -0.457 e. The Balaban J connectivity index is 0.000000207. The van der Waals surface area contributed by atoms with Gasteiger partial charge in [-0.15, -0.1) is 0 Å². The summed E-state index contributed by atoms with van der Waals surface area (Å²) in [6.07, 6.45) is 10.6. The standard InChI is InChI=1S/C18H15N3O.C8H13NO/c1-2-4-15(5-3-1)22-16-8-6-14(7-9-16)18-17-12-19-10-11-21(17)13-20-18;1-2-8(10)9-6-4-3-5-7-9/h1-12,20H,13H2;2H,1,3-7H2. The van der Waals surface area contributed by atoms with Gasteiger partial charge in [0.2, 0.25) is 5.91 Å². The second-order valence-corrected chi connectivity index (χ2v) is 7.67. The average molecular weight is 429 g/mol. The zero-order valence-corrected chi connectivity index (χ0v) is 18.1. The lowest BCUT2D eigenvalue weighted by Gasteiger charge is -2.25. The molecule has 164 valence electrons. The summed E-state index contributed by atoms with van der Waals surface area (Å²) < 4.78 is 5.82. The number of amides is 1. The van der Waals surface area contributed by atoms with Gasteiger partial charge >= 0.3 is 0 Å². The Hall–Kier alpha value is -3.80. The summed E-state index contributed by atoms with van der Waals surface area (Å²) in [4.78, 5) is 19.2. The molecule has 3 aliphatic heterocycles. The number of hydrogen-bond acceptors (Lipinski definition) is 5. The summed E-state index contributed by atoms with van der Waals surface area (Å²) in [6, 6.07) is 17.9. The summed E-state index contributed by atoms with van der Waals surface area (Å²) in [5.74, 6) is 1.75. The van der Waals surface area contributed by atoms with Crippen LogP contribution in [-0.2, 0) is 4.79 Å². The molecule has 2 aromatic carbocycles. The highest BCUT2D eigenvalue weighted by molar-refractivity contribution is 5.92. The normalized spacial score (nSPS) is 16.6. The zero-order valence-electron chi connectivity index (χ0n) is 18.1. The van der Waals surface area contributed by atoms with Gasteiger partial charge in [0.1, 0.15) is 11.5 Å². The van der Waals surface area contributed by atoms with Gasteiger partial charge in [0, 0.05) is 31.1 Å². The lowest BCUT2D eigenvalue weighted by atomic mass is 10.1. The van der Waals surface area contributed by atoms with Crippen molar-refractivity contribution in [2.75, 3.05) is 19.8 Å². The molecule has 1 amide bonds. The van der Waals surface area contributed by atoms with Gasteiger partial charge in [-0.1, -0.05) is 24.8 Å². The Labute approximate surface area is 189 Å². The first-order chi connectivity index (χ1) is 15.7. The van der Waals surface area contributed by atoms with Gasteiger partial charge in [0.05, 0.1) is 24.3 Å². The van der Waals surface area contributed by atoms with Crippen LogP contribution in [0.3, 0.4) is 0 Å². The molecule has 5 rings (SSSR count). The molecule has 32 heavy (non-hydrogen) atoms. The van der Waals surface area contributed by atoms with Gasteiger partial charge < -0.3 is 19.9 Å². The van der Waals surface area contributed by atoms with Crippen LogP contribution in [0.15, 0.2) is 90.3 Å². The van der Waals surface area contributed by atoms with Crippen molar-refractivity contribution in [3.8, 4) is 11.5 Å². The third-order valence-corrected chi connectivity index (χ3v) is 5.49. The maximum Gasteiger partial charge on any atom is 0.245 e. The monoisotopic (exact) mass is 428 g/mol. The van der Waals surface area contributed by atoms with Crippen LogP contribution in [0.5, 0.6) is 11.5 Å². The first-order valence-corrected chi connectivity index (χ1v) is 10.9. The zero-order chi connectivity index (χ0) is 22.2. The molecule has 2 aromatic rings. The molecule has 0 saturated carbocycles. The highest BCUT2D eigenvalue weighted by atomic mass is 16.5. The van der Waals surface area contributed by atoms with E-state index in [1.807, 2.05) is 59.8 Å². The lowest BCUT2D eigenvalue weighted by molar-refractivity contribution is -0.126. The molecule has 1 N–H and O–H groups in total. The molecular weight excluding hydrogens is 400 g/mol. The molecular formula is C26H28N4O2. The number of nitrogens with one attached hydrogen (secondary N) is 1. The number of para-hydroxylation sites is 1. The molecule has 6 heteroatoms. The van der Waals surface area contributed by atoms with E-state index < -0.39 is 0 Å². The molecule has 3 aliphatic rings. The third-order valence-electron chi connectivity index (χ3n) is 5.49. The number of carbonyl (C=O) groups is 1. The molecule has 0 spiro atoms. The van der Waals surface area contributed by atoms with E-state index in [4.69, 9.17) is 4.74 Å². The van der Waals surface area contributed by atoms with Crippen LogP contribution in [0.25, 0.3) is 5.70 Å². The Morgan fingerprint density at radius 2 is 1.72 bits per heavy atom. The molecule has 3 heterocycles. The number of piperidine rings is 1. The molecule has 0 bridgehead atoms. The van der Waals surface area contributed by atoms with Gasteiger partial charge in [0.25, 0.3) is 0 Å². The fourth-order valence-corrected chi connectivity index (χ4v) is 3.80. The van der Waals surface area contributed by atoms with Crippen molar-refractivity contribution in [1.29, 1.82) is 0 Å². The Kier molecular flexibility index (Phi) is 7.02. The maximum absolute atomic E-state index is 11.0. The first-order valence-electron chi connectivity index (χ1n) is 10.9. The van der Waals surface area contributed by atoms with Crippen LogP contribution in [0.1, 0.15) is 24.8 Å². The van der Waals surface area contributed by atoms with E-state index in [1.54, 1.807) is 6.20 Å². The Bertz CT molecular complexity index is 1020. The van der Waals surface area contributed by atoms with Crippen molar-refractivity contribution in [3.05, 3.63) is 90.9 Å². The molecule has 0 atom stereocenters. The summed E-state index contributed by atoms with van der Waals surface area (Å²) in [5.41, 5.74) is 3.32. The average Bonchev–Trinajstić information content (AvgIpc) is 3.30. The predicted octanol–water partition coefficient (Wildman–Crippen LogP) is 4.75. The minimum atomic E-state index is 0.0831. The minimum absolute atomic E-state index is 0.0831. The van der Waals surface area contributed by atoms with Crippen LogP contribution in [0.4, 0.5) is 0 Å². The fourth-order valence-electron chi connectivity index (χ4n) is 3.80. The van der Waals surface area contributed by atoms with Crippen molar-refractivity contribution in [3.63, 3.8) is 0 Å². The SMILES string of the molecule is C1=CN2CNC(c3ccc(Oc4ccccc4)cc3)=C2C=N1.C=CC(=O)N1CCCCC1. The molecule has 6 nitrogen and oxygen atoms in total. The van der Waals surface area contributed by atoms with E-state index in [2.05, 4.69) is 33.9 Å². The first kappa shape index (κ1) is 21.4. The number of fused-ring (bicyclic) bond motifs is 1. The number of rotatable bonds is 4. The quantitative estimate of drug-likeness (QED) is 0.714. The van der Waals surface area contributed by atoms with E-state index in [-0.39, 0.29) is 5.91 Å². The van der Waals surface area contributed by atoms with Crippen LogP contribution in [0.2, 0.25) is 0 Å². The number of ether oxygens (including phenoxy) is 1. The number of aliphatic imine (C=N–C) groups is 1. The summed E-state index contributed by atoms with van der Waals surface area (Å²) >= 11 is 0. The van der Waals surface area contributed by atoms with E-state index in [0.717, 1.165) is 61.1 Å². The number of hydrogen-bond donors (Lipinski definition) is 1. The van der Waals surface area contributed by atoms with Crippen LogP contribution in [-0.4, -0.2) is 41.7 Å². The molecule has 1 saturated heterocycles. The van der Waals surface area contributed by atoms with Gasteiger partial charge in [-0.05, 0) is 61.7 Å². The smallest absolute Gasteiger partial charge is 0.245 e. The highest BCUT2D eigenvalue weighted by Gasteiger charge is 2.21. The summed E-state index contributed by atoms with van der Waals surface area (Å²) in [6.45, 7) is 6.06. The van der Waals surface area contributed by atoms with Gasteiger partial charge in [-0.3, -0.25) is 9.79 Å². The third kappa shape index (κ3) is 5.27. The van der Waals surface area contributed by atoms with Gasteiger partial charge in [-0.25, -0.2) is 0 Å². The topological polar surface area (TPSA) is 57.2 Å². The van der Waals surface area contributed by atoms with E-state index in [0.29, 0.717) is 0 Å².